The first-order valence-corrected chi connectivity index (χ1v) is 10.1. The maximum atomic E-state index is 12.7. The van der Waals surface area contributed by atoms with Crippen LogP contribution in [0.15, 0.2) is 35.3 Å². The highest BCUT2D eigenvalue weighted by atomic mass is 35.5. The predicted octanol–water partition coefficient (Wildman–Crippen LogP) is 3.69. The Balaban J connectivity index is 1.88. The molecule has 2 aromatic carbocycles. The third-order valence-corrected chi connectivity index (χ3v) is 5.82. The predicted molar refractivity (Wildman–Crippen MR) is 109 cm³/mol. The molecule has 0 saturated carbocycles. The van der Waals surface area contributed by atoms with Gasteiger partial charge in [0.15, 0.2) is 16.3 Å². The number of carbonyl (C=O) groups excluding carboxylic acids is 2. The van der Waals surface area contributed by atoms with Gasteiger partial charge in [-0.25, -0.2) is 0 Å². The van der Waals surface area contributed by atoms with Crippen molar-refractivity contribution in [1.82, 2.24) is 4.57 Å². The highest BCUT2D eigenvalue weighted by Gasteiger charge is 2.19. The summed E-state index contributed by atoms with van der Waals surface area (Å²) in [5.74, 6) is 0.121. The number of esters is 1. The zero-order valence-corrected chi connectivity index (χ0v) is 17.4. The van der Waals surface area contributed by atoms with Gasteiger partial charge in [-0.3, -0.25) is 9.59 Å². The molecule has 1 amide bonds. The van der Waals surface area contributed by atoms with E-state index in [2.05, 4.69) is 4.99 Å². The molecule has 0 bridgehead atoms. The third-order valence-electron chi connectivity index (χ3n) is 4.22. The first-order chi connectivity index (χ1) is 14.0. The Kier molecular flexibility index (Phi) is 5.49. The monoisotopic (exact) mass is 452 g/mol. The number of thiazole rings is 1. The molecule has 150 valence electrons. The van der Waals surface area contributed by atoms with Gasteiger partial charge in [0, 0.05) is 17.2 Å². The van der Waals surface area contributed by atoms with Crippen LogP contribution in [0.5, 0.6) is 11.5 Å². The van der Waals surface area contributed by atoms with Gasteiger partial charge in [-0.15, -0.1) is 0 Å². The minimum Gasteiger partial charge on any atom is -0.486 e. The van der Waals surface area contributed by atoms with Crippen LogP contribution in [0.25, 0.3) is 10.2 Å². The van der Waals surface area contributed by atoms with Crippen LogP contribution in [0.2, 0.25) is 10.0 Å². The molecule has 0 unspecified atom stereocenters. The number of rotatable bonds is 3. The van der Waals surface area contributed by atoms with E-state index >= 15 is 0 Å². The normalized spacial score (nSPS) is 13.6. The average Bonchev–Trinajstić information content (AvgIpc) is 3.03. The number of benzene rings is 2. The van der Waals surface area contributed by atoms with Crippen molar-refractivity contribution in [2.45, 2.75) is 6.54 Å². The zero-order chi connectivity index (χ0) is 20.5. The molecule has 0 spiro atoms. The van der Waals surface area contributed by atoms with Crippen molar-refractivity contribution in [2.75, 3.05) is 20.3 Å². The van der Waals surface area contributed by atoms with Gasteiger partial charge >= 0.3 is 5.97 Å². The minimum absolute atomic E-state index is 0.120. The molecule has 1 aliphatic heterocycles. The molecule has 0 radical (unpaired) electrons. The van der Waals surface area contributed by atoms with Crippen molar-refractivity contribution in [1.29, 1.82) is 0 Å². The smallest absolute Gasteiger partial charge is 0.325 e. The van der Waals surface area contributed by atoms with E-state index in [0.717, 1.165) is 4.70 Å². The van der Waals surface area contributed by atoms with Crippen LogP contribution in [-0.2, 0) is 16.1 Å². The summed E-state index contributed by atoms with van der Waals surface area (Å²) in [5, 5.41) is 0.606. The second kappa shape index (κ2) is 8.06. The van der Waals surface area contributed by atoms with Crippen molar-refractivity contribution >= 4 is 56.6 Å². The first kappa shape index (κ1) is 19.8. The number of hydrogen-bond acceptors (Lipinski definition) is 6. The Morgan fingerprint density at radius 2 is 1.90 bits per heavy atom. The number of nitrogens with zero attached hydrogens (tertiary/aromatic N) is 2. The van der Waals surface area contributed by atoms with Gasteiger partial charge in [-0.05, 0) is 18.2 Å². The van der Waals surface area contributed by atoms with E-state index in [0.29, 0.717) is 40.1 Å². The number of halogens is 2. The summed E-state index contributed by atoms with van der Waals surface area (Å²) in [6, 6.07) is 8.14. The highest BCUT2D eigenvalue weighted by Crippen LogP contribution is 2.35. The fourth-order valence-corrected chi connectivity index (χ4v) is 4.26. The van der Waals surface area contributed by atoms with E-state index in [1.165, 1.54) is 30.6 Å². The van der Waals surface area contributed by atoms with Crippen LogP contribution >= 0.6 is 34.5 Å². The van der Waals surface area contributed by atoms with E-state index in [-0.39, 0.29) is 17.1 Å². The number of aromatic nitrogens is 1. The highest BCUT2D eigenvalue weighted by molar-refractivity contribution is 7.16. The number of methoxy groups -OCH3 is 1. The molecule has 0 N–H and O–H groups in total. The molecule has 1 aliphatic rings. The maximum absolute atomic E-state index is 12.7. The van der Waals surface area contributed by atoms with Crippen LogP contribution in [0.3, 0.4) is 0 Å². The van der Waals surface area contributed by atoms with Gasteiger partial charge in [-0.1, -0.05) is 34.5 Å². The molecule has 1 aromatic heterocycles. The minimum atomic E-state index is -0.570. The molecule has 4 rings (SSSR count). The van der Waals surface area contributed by atoms with Crippen LogP contribution in [-0.4, -0.2) is 36.8 Å². The Morgan fingerprint density at radius 3 is 2.62 bits per heavy atom. The second-order valence-electron chi connectivity index (χ2n) is 6.05. The van der Waals surface area contributed by atoms with E-state index in [1.807, 2.05) is 0 Å². The molecular weight excluding hydrogens is 439 g/mol. The average molecular weight is 453 g/mol. The zero-order valence-electron chi connectivity index (χ0n) is 15.1. The van der Waals surface area contributed by atoms with Crippen molar-refractivity contribution in [3.63, 3.8) is 0 Å². The van der Waals surface area contributed by atoms with E-state index in [1.54, 1.807) is 22.8 Å². The molecule has 0 fully saturated rings. The first-order valence-electron chi connectivity index (χ1n) is 8.50. The van der Waals surface area contributed by atoms with E-state index in [9.17, 15) is 9.59 Å². The van der Waals surface area contributed by atoms with Gasteiger partial charge in [0.25, 0.3) is 5.91 Å². The molecule has 0 aliphatic carbocycles. The van der Waals surface area contributed by atoms with Gasteiger partial charge < -0.3 is 18.8 Å². The summed E-state index contributed by atoms with van der Waals surface area (Å²) in [7, 11) is 1.30. The topological polar surface area (TPSA) is 79.1 Å². The Bertz CT molecular complexity index is 1200. The third kappa shape index (κ3) is 3.96. The fourth-order valence-electron chi connectivity index (χ4n) is 2.85. The molecule has 0 saturated heterocycles. The van der Waals surface area contributed by atoms with Crippen LogP contribution in [0.1, 0.15) is 10.4 Å². The van der Waals surface area contributed by atoms with Gasteiger partial charge in [0.05, 0.1) is 27.9 Å². The number of fused-ring (bicyclic) bond motifs is 2. The van der Waals surface area contributed by atoms with Crippen molar-refractivity contribution in [3.05, 3.63) is 50.7 Å². The fraction of sp³-hybridized carbons (Fsp3) is 0.211. The molecule has 29 heavy (non-hydrogen) atoms. The lowest BCUT2D eigenvalue weighted by Crippen LogP contribution is -2.22. The quantitative estimate of drug-likeness (QED) is 0.566. The van der Waals surface area contributed by atoms with E-state index in [4.69, 9.17) is 37.4 Å². The molecule has 3 aromatic rings. The van der Waals surface area contributed by atoms with Gasteiger partial charge in [-0.2, -0.15) is 4.99 Å². The molecule has 10 heteroatoms. The SMILES string of the molecule is COC(=O)Cn1c(=NC(=O)c2cc(Cl)ccc2Cl)sc2cc3c(cc21)OCCO3. The van der Waals surface area contributed by atoms with Crippen molar-refractivity contribution < 1.29 is 23.8 Å². The standard InChI is InChI=1S/C19H14Cl2N2O5S/c1-26-17(24)9-23-13-7-14-15(28-5-4-27-14)8-16(13)29-19(23)22-18(25)11-6-10(20)2-3-12(11)21/h2-3,6-8H,4-5,9H2,1H3. The summed E-state index contributed by atoms with van der Waals surface area (Å²) in [4.78, 5) is 29.2. The summed E-state index contributed by atoms with van der Waals surface area (Å²) in [5.41, 5.74) is 0.848. The summed E-state index contributed by atoms with van der Waals surface area (Å²) in [6.45, 7) is 0.767. The van der Waals surface area contributed by atoms with Crippen LogP contribution in [0.4, 0.5) is 0 Å². The summed E-state index contributed by atoms with van der Waals surface area (Å²) in [6.07, 6.45) is 0. The molecule has 0 atom stereocenters. The molecule has 2 heterocycles. The lowest BCUT2D eigenvalue weighted by atomic mass is 10.2. The Labute approximate surface area is 179 Å². The van der Waals surface area contributed by atoms with Gasteiger partial charge in [0.2, 0.25) is 0 Å². The summed E-state index contributed by atoms with van der Waals surface area (Å²) < 4.78 is 18.4. The number of hydrogen-bond donors (Lipinski definition) is 0. The lowest BCUT2D eigenvalue weighted by molar-refractivity contribution is -0.141. The van der Waals surface area contributed by atoms with Crippen LogP contribution in [0, 0.1) is 0 Å². The largest absolute Gasteiger partial charge is 0.486 e. The lowest BCUT2D eigenvalue weighted by Gasteiger charge is -2.18. The number of carbonyl (C=O) groups is 2. The Hall–Kier alpha value is -2.55. The number of ether oxygens (including phenoxy) is 3. The van der Waals surface area contributed by atoms with Gasteiger partial charge in [0.1, 0.15) is 19.8 Å². The molecule has 7 nitrogen and oxygen atoms in total. The van der Waals surface area contributed by atoms with Crippen LogP contribution < -0.4 is 14.3 Å². The van der Waals surface area contributed by atoms with E-state index < -0.39 is 11.9 Å². The summed E-state index contributed by atoms with van der Waals surface area (Å²) >= 11 is 13.3. The number of amides is 1. The Morgan fingerprint density at radius 1 is 1.17 bits per heavy atom. The molecular formula is C19H14Cl2N2O5S. The maximum Gasteiger partial charge on any atom is 0.325 e. The second-order valence-corrected chi connectivity index (χ2v) is 7.90. The van der Waals surface area contributed by atoms with Crippen molar-refractivity contribution in [2.24, 2.45) is 4.99 Å². The van der Waals surface area contributed by atoms with Crippen molar-refractivity contribution in [3.8, 4) is 11.5 Å².